The van der Waals surface area contributed by atoms with Crippen molar-refractivity contribution in [2.75, 3.05) is 0 Å². The smallest absolute Gasteiger partial charge is 0.326 e. The predicted molar refractivity (Wildman–Crippen MR) is 59.8 cm³/mol. The minimum Gasteiger partial charge on any atom is -0.481 e. The van der Waals surface area contributed by atoms with E-state index < -0.39 is 30.3 Å². The number of carbonyl (C=O) groups excluding carboxylic acids is 1. The van der Waals surface area contributed by atoms with Gasteiger partial charge in [0.15, 0.2) is 0 Å². The molecule has 18 heavy (non-hydrogen) atoms. The summed E-state index contributed by atoms with van der Waals surface area (Å²) >= 11 is 0. The highest BCUT2D eigenvalue weighted by Gasteiger charge is 2.22. The van der Waals surface area contributed by atoms with Crippen LogP contribution in [0.15, 0.2) is 24.4 Å². The number of aromatic nitrogens is 1. The number of carboxylic acids is 2. The van der Waals surface area contributed by atoms with Crippen LogP contribution in [0.1, 0.15) is 12.1 Å². The lowest BCUT2D eigenvalue weighted by Gasteiger charge is -2.11. The minimum atomic E-state index is -1.43. The van der Waals surface area contributed by atoms with Crippen molar-refractivity contribution in [2.24, 2.45) is 0 Å². The number of carboxylic acid groups (broad SMARTS) is 2. The summed E-state index contributed by atoms with van der Waals surface area (Å²) in [6.07, 6.45) is 0.752. The Hall–Kier alpha value is -2.44. The molecule has 0 saturated heterocycles. The Morgan fingerprint density at radius 3 is 2.50 bits per heavy atom. The fourth-order valence-corrected chi connectivity index (χ4v) is 1.29. The van der Waals surface area contributed by atoms with E-state index in [1.54, 1.807) is 18.2 Å². The summed E-state index contributed by atoms with van der Waals surface area (Å²) in [4.78, 5) is 36.6. The van der Waals surface area contributed by atoms with Gasteiger partial charge in [-0.15, -0.1) is 0 Å². The van der Waals surface area contributed by atoms with Crippen molar-refractivity contribution in [2.45, 2.75) is 18.9 Å². The lowest BCUT2D eigenvalue weighted by molar-refractivity contribution is -0.147. The molecule has 1 amide bonds. The summed E-state index contributed by atoms with van der Waals surface area (Å²) in [6.45, 7) is 0. The maximum Gasteiger partial charge on any atom is 0.326 e. The molecule has 1 heterocycles. The van der Waals surface area contributed by atoms with Crippen LogP contribution in [0, 0.1) is 0 Å². The fraction of sp³-hybridized carbons (Fsp3) is 0.273. The Morgan fingerprint density at radius 1 is 1.28 bits per heavy atom. The third kappa shape index (κ3) is 4.60. The molecule has 0 aliphatic rings. The number of nitrogens with one attached hydrogen (secondary N) is 1. The zero-order valence-corrected chi connectivity index (χ0v) is 9.37. The quantitative estimate of drug-likeness (QED) is 0.638. The lowest BCUT2D eigenvalue weighted by atomic mass is 10.2. The Morgan fingerprint density at radius 2 is 2.00 bits per heavy atom. The zero-order valence-electron chi connectivity index (χ0n) is 9.37. The van der Waals surface area contributed by atoms with Crippen molar-refractivity contribution >= 4 is 17.8 Å². The van der Waals surface area contributed by atoms with E-state index >= 15 is 0 Å². The Balaban J connectivity index is 2.56. The first-order valence-corrected chi connectivity index (χ1v) is 5.13. The summed E-state index contributed by atoms with van der Waals surface area (Å²) in [7, 11) is 0. The van der Waals surface area contributed by atoms with Gasteiger partial charge in [0.1, 0.15) is 6.04 Å². The third-order valence-corrected chi connectivity index (χ3v) is 2.08. The normalized spacial score (nSPS) is 11.6. The number of carbonyl (C=O) groups is 3. The van der Waals surface area contributed by atoms with Gasteiger partial charge >= 0.3 is 11.9 Å². The zero-order chi connectivity index (χ0) is 13.5. The molecule has 0 saturated carbocycles. The van der Waals surface area contributed by atoms with E-state index in [-0.39, 0.29) is 6.42 Å². The molecule has 1 aromatic heterocycles. The highest BCUT2D eigenvalue weighted by atomic mass is 16.4. The molecule has 3 N–H and O–H groups in total. The van der Waals surface area contributed by atoms with Crippen LogP contribution in [0.3, 0.4) is 0 Å². The van der Waals surface area contributed by atoms with Crippen molar-refractivity contribution in [3.8, 4) is 0 Å². The number of hydrogen-bond acceptors (Lipinski definition) is 4. The van der Waals surface area contributed by atoms with Gasteiger partial charge in [-0.2, -0.15) is 0 Å². The van der Waals surface area contributed by atoms with Crippen LogP contribution in [0.4, 0.5) is 0 Å². The first kappa shape index (κ1) is 13.6. The molecule has 7 heteroatoms. The summed E-state index contributed by atoms with van der Waals surface area (Å²) in [6, 6.07) is 3.57. The number of rotatable bonds is 6. The number of aliphatic carboxylic acids is 2. The van der Waals surface area contributed by atoms with E-state index in [0.717, 1.165) is 0 Å². The molecule has 0 unspecified atom stereocenters. The van der Waals surface area contributed by atoms with E-state index in [9.17, 15) is 14.4 Å². The van der Waals surface area contributed by atoms with Crippen molar-refractivity contribution in [3.63, 3.8) is 0 Å². The van der Waals surface area contributed by atoms with Crippen LogP contribution in [0.2, 0.25) is 0 Å². The van der Waals surface area contributed by atoms with E-state index in [2.05, 4.69) is 10.3 Å². The second-order valence-electron chi connectivity index (χ2n) is 3.55. The number of hydrogen-bond donors (Lipinski definition) is 3. The van der Waals surface area contributed by atoms with Crippen LogP contribution >= 0.6 is 0 Å². The monoisotopic (exact) mass is 252 g/mol. The Bertz CT molecular complexity index is 446. The highest BCUT2D eigenvalue weighted by Crippen LogP contribution is 1.97. The SMILES string of the molecule is O=C(O)C[C@H](NC(=O)Cc1ccccn1)C(=O)O. The average molecular weight is 252 g/mol. The molecule has 0 aliphatic carbocycles. The molecule has 1 rings (SSSR count). The molecule has 0 aromatic carbocycles. The van der Waals surface area contributed by atoms with Gasteiger partial charge in [-0.25, -0.2) is 4.79 Å². The molecular weight excluding hydrogens is 240 g/mol. The maximum atomic E-state index is 11.5. The molecule has 96 valence electrons. The first-order chi connectivity index (χ1) is 8.49. The fourth-order valence-electron chi connectivity index (χ4n) is 1.29. The minimum absolute atomic E-state index is 0.0930. The average Bonchev–Trinajstić information content (AvgIpc) is 2.28. The molecule has 0 spiro atoms. The molecule has 7 nitrogen and oxygen atoms in total. The molecule has 1 aromatic rings. The Labute approximate surface area is 102 Å². The van der Waals surface area contributed by atoms with Crippen LogP contribution < -0.4 is 5.32 Å². The first-order valence-electron chi connectivity index (χ1n) is 5.13. The van der Waals surface area contributed by atoms with Gasteiger partial charge in [-0.1, -0.05) is 6.07 Å². The van der Waals surface area contributed by atoms with Crippen molar-refractivity contribution < 1.29 is 24.6 Å². The van der Waals surface area contributed by atoms with Gasteiger partial charge in [-0.3, -0.25) is 14.6 Å². The van der Waals surface area contributed by atoms with Gasteiger partial charge < -0.3 is 15.5 Å². The van der Waals surface area contributed by atoms with Gasteiger partial charge in [0.2, 0.25) is 5.91 Å². The molecule has 0 bridgehead atoms. The summed E-state index contributed by atoms with van der Waals surface area (Å²) in [5.41, 5.74) is 0.481. The molecule has 1 atom stereocenters. The van der Waals surface area contributed by atoms with E-state index in [0.29, 0.717) is 5.69 Å². The summed E-state index contributed by atoms with van der Waals surface area (Å²) in [5.74, 6) is -3.25. The van der Waals surface area contributed by atoms with Crippen molar-refractivity contribution in [1.29, 1.82) is 0 Å². The van der Waals surface area contributed by atoms with E-state index in [1.807, 2.05) is 0 Å². The summed E-state index contributed by atoms with van der Waals surface area (Å²) in [5, 5.41) is 19.4. The van der Waals surface area contributed by atoms with Crippen LogP contribution in [-0.4, -0.2) is 39.1 Å². The van der Waals surface area contributed by atoms with Crippen molar-refractivity contribution in [1.82, 2.24) is 10.3 Å². The number of amides is 1. The standard InChI is InChI=1S/C11H12N2O5/c14-9(5-7-3-1-2-4-12-7)13-8(11(17)18)6-10(15)16/h1-4,8H,5-6H2,(H,13,14)(H,15,16)(H,17,18)/t8-/m0/s1. The van der Waals surface area contributed by atoms with Crippen molar-refractivity contribution in [3.05, 3.63) is 30.1 Å². The van der Waals surface area contributed by atoms with E-state index in [1.165, 1.54) is 6.20 Å². The van der Waals surface area contributed by atoms with E-state index in [4.69, 9.17) is 10.2 Å². The third-order valence-electron chi connectivity index (χ3n) is 2.08. The van der Waals surface area contributed by atoms with Gasteiger partial charge in [0.25, 0.3) is 0 Å². The second kappa shape index (κ2) is 6.33. The topological polar surface area (TPSA) is 117 Å². The van der Waals surface area contributed by atoms with Gasteiger partial charge in [-0.05, 0) is 12.1 Å². The highest BCUT2D eigenvalue weighted by molar-refractivity contribution is 5.87. The predicted octanol–water partition coefficient (Wildman–Crippen LogP) is -0.332. The number of nitrogens with zero attached hydrogens (tertiary/aromatic N) is 1. The Kier molecular flexibility index (Phi) is 4.79. The molecule has 0 fully saturated rings. The van der Waals surface area contributed by atoms with Gasteiger partial charge in [0.05, 0.1) is 12.8 Å². The lowest BCUT2D eigenvalue weighted by Crippen LogP contribution is -2.42. The van der Waals surface area contributed by atoms with Crippen LogP contribution in [-0.2, 0) is 20.8 Å². The summed E-state index contributed by atoms with van der Waals surface area (Å²) < 4.78 is 0. The largest absolute Gasteiger partial charge is 0.481 e. The van der Waals surface area contributed by atoms with Crippen LogP contribution in [0.5, 0.6) is 0 Å². The van der Waals surface area contributed by atoms with Crippen LogP contribution in [0.25, 0.3) is 0 Å². The van der Waals surface area contributed by atoms with Gasteiger partial charge in [0, 0.05) is 11.9 Å². The number of pyridine rings is 1. The molecule has 0 radical (unpaired) electrons. The second-order valence-corrected chi connectivity index (χ2v) is 3.55. The molecular formula is C11H12N2O5. The molecule has 0 aliphatic heterocycles. The maximum absolute atomic E-state index is 11.5.